The zero-order valence-corrected chi connectivity index (χ0v) is 12.8. The fraction of sp³-hybridized carbons (Fsp3) is 0.923. The molecular formula is C13H27ClN2O2. The van der Waals surface area contributed by atoms with Gasteiger partial charge in [0.25, 0.3) is 0 Å². The van der Waals surface area contributed by atoms with Crippen LogP contribution in [0.1, 0.15) is 33.6 Å². The van der Waals surface area contributed by atoms with Gasteiger partial charge in [0.1, 0.15) is 0 Å². The quantitative estimate of drug-likeness (QED) is 0.821. The maximum atomic E-state index is 12.3. The van der Waals surface area contributed by atoms with Crippen LogP contribution in [0.15, 0.2) is 0 Å². The van der Waals surface area contributed by atoms with Gasteiger partial charge in [-0.2, -0.15) is 0 Å². The topological polar surface area (TPSA) is 50.4 Å². The number of hydrogen-bond acceptors (Lipinski definition) is 3. The maximum Gasteiger partial charge on any atom is 0.228 e. The summed E-state index contributed by atoms with van der Waals surface area (Å²) in [7, 11) is 1.67. The van der Waals surface area contributed by atoms with Crippen LogP contribution in [0.3, 0.4) is 0 Å². The second-order valence-corrected chi connectivity index (χ2v) is 6.21. The molecule has 1 saturated heterocycles. The molecule has 0 aromatic heterocycles. The molecule has 1 rings (SSSR count). The van der Waals surface area contributed by atoms with Crippen LogP contribution in [0.4, 0.5) is 0 Å². The van der Waals surface area contributed by atoms with Crippen molar-refractivity contribution in [2.24, 2.45) is 10.8 Å². The number of halogens is 1. The summed E-state index contributed by atoms with van der Waals surface area (Å²) in [4.78, 5) is 12.3. The van der Waals surface area contributed by atoms with Gasteiger partial charge in [-0.3, -0.25) is 4.79 Å². The number of carbonyl (C=O) groups excluding carboxylic acids is 1. The molecular weight excluding hydrogens is 252 g/mol. The third kappa shape index (κ3) is 5.12. The van der Waals surface area contributed by atoms with Crippen LogP contribution in [-0.2, 0) is 9.53 Å². The lowest BCUT2D eigenvalue weighted by molar-refractivity contribution is -0.136. The Balaban J connectivity index is 0.00000289. The van der Waals surface area contributed by atoms with E-state index in [2.05, 4.69) is 31.4 Å². The van der Waals surface area contributed by atoms with Crippen molar-refractivity contribution in [3.63, 3.8) is 0 Å². The highest BCUT2D eigenvalue weighted by Gasteiger charge is 2.39. The zero-order valence-electron chi connectivity index (χ0n) is 12.0. The van der Waals surface area contributed by atoms with E-state index in [9.17, 15) is 4.79 Å². The third-order valence-corrected chi connectivity index (χ3v) is 3.24. The first-order valence-electron chi connectivity index (χ1n) is 6.38. The Hall–Kier alpha value is -0.320. The van der Waals surface area contributed by atoms with Crippen molar-refractivity contribution in [2.75, 3.05) is 33.4 Å². The van der Waals surface area contributed by atoms with Crippen LogP contribution < -0.4 is 10.6 Å². The molecule has 0 saturated carbocycles. The van der Waals surface area contributed by atoms with Gasteiger partial charge in [0.15, 0.2) is 0 Å². The molecule has 0 radical (unpaired) electrons. The molecule has 0 spiro atoms. The molecule has 0 aliphatic carbocycles. The molecule has 1 fully saturated rings. The maximum absolute atomic E-state index is 12.3. The second-order valence-electron chi connectivity index (χ2n) is 6.21. The number of amides is 1. The van der Waals surface area contributed by atoms with Crippen molar-refractivity contribution in [3.8, 4) is 0 Å². The number of piperidine rings is 1. The minimum Gasteiger partial charge on any atom is -0.384 e. The highest BCUT2D eigenvalue weighted by molar-refractivity contribution is 5.85. The average molecular weight is 279 g/mol. The summed E-state index contributed by atoms with van der Waals surface area (Å²) in [6, 6.07) is 0. The number of ether oxygens (including phenoxy) is 1. The van der Waals surface area contributed by atoms with Gasteiger partial charge in [0, 0.05) is 13.7 Å². The second kappa shape index (κ2) is 7.31. The highest BCUT2D eigenvalue weighted by atomic mass is 35.5. The van der Waals surface area contributed by atoms with Crippen LogP contribution in [-0.4, -0.2) is 39.3 Å². The minimum absolute atomic E-state index is 0. The minimum atomic E-state index is -0.328. The van der Waals surface area contributed by atoms with Crippen molar-refractivity contribution in [3.05, 3.63) is 0 Å². The number of hydrogen-bond donors (Lipinski definition) is 2. The van der Waals surface area contributed by atoms with E-state index >= 15 is 0 Å². The van der Waals surface area contributed by atoms with E-state index in [0.717, 1.165) is 25.9 Å². The number of carbonyl (C=O) groups is 1. The first-order chi connectivity index (χ1) is 7.90. The van der Waals surface area contributed by atoms with Crippen molar-refractivity contribution in [1.82, 2.24) is 10.6 Å². The molecule has 1 amide bonds. The lowest BCUT2D eigenvalue weighted by Gasteiger charge is -2.36. The van der Waals surface area contributed by atoms with E-state index in [-0.39, 0.29) is 29.1 Å². The van der Waals surface area contributed by atoms with E-state index in [1.807, 2.05) is 0 Å². The van der Waals surface area contributed by atoms with E-state index in [1.165, 1.54) is 0 Å². The predicted molar refractivity (Wildman–Crippen MR) is 76.1 cm³/mol. The average Bonchev–Trinajstić information content (AvgIpc) is 2.26. The van der Waals surface area contributed by atoms with E-state index in [4.69, 9.17) is 4.74 Å². The fourth-order valence-corrected chi connectivity index (χ4v) is 2.15. The fourth-order valence-electron chi connectivity index (χ4n) is 2.15. The molecule has 0 unspecified atom stereocenters. The monoisotopic (exact) mass is 278 g/mol. The molecule has 0 aromatic carbocycles. The van der Waals surface area contributed by atoms with Gasteiger partial charge in [-0.15, -0.1) is 12.4 Å². The first kappa shape index (κ1) is 17.7. The van der Waals surface area contributed by atoms with Gasteiger partial charge in [0.05, 0.1) is 12.0 Å². The van der Waals surface area contributed by atoms with Crippen LogP contribution >= 0.6 is 12.4 Å². The Morgan fingerprint density at radius 1 is 1.33 bits per heavy atom. The normalized spacial score (nSPS) is 18.9. The highest BCUT2D eigenvalue weighted by Crippen LogP contribution is 2.29. The van der Waals surface area contributed by atoms with Crippen molar-refractivity contribution >= 4 is 18.3 Å². The summed E-state index contributed by atoms with van der Waals surface area (Å²) in [5, 5.41) is 6.36. The molecule has 1 aliphatic rings. The Bertz CT molecular complexity index is 253. The third-order valence-electron chi connectivity index (χ3n) is 3.24. The van der Waals surface area contributed by atoms with E-state index < -0.39 is 0 Å². The SMILES string of the molecule is COCC1(C(=O)NCC(C)(C)C)CCNCC1.Cl. The summed E-state index contributed by atoms with van der Waals surface area (Å²) in [5.74, 6) is 0.149. The van der Waals surface area contributed by atoms with Gasteiger partial charge < -0.3 is 15.4 Å². The van der Waals surface area contributed by atoms with Crippen LogP contribution in [0, 0.1) is 10.8 Å². The van der Waals surface area contributed by atoms with Gasteiger partial charge >= 0.3 is 0 Å². The van der Waals surface area contributed by atoms with Crippen molar-refractivity contribution in [2.45, 2.75) is 33.6 Å². The Morgan fingerprint density at radius 3 is 2.33 bits per heavy atom. The van der Waals surface area contributed by atoms with E-state index in [1.54, 1.807) is 7.11 Å². The molecule has 1 heterocycles. The Morgan fingerprint density at radius 2 is 1.89 bits per heavy atom. The van der Waals surface area contributed by atoms with Crippen LogP contribution in [0.2, 0.25) is 0 Å². The van der Waals surface area contributed by atoms with Gasteiger partial charge in [-0.1, -0.05) is 20.8 Å². The molecule has 5 heteroatoms. The molecule has 0 atom stereocenters. The molecule has 4 nitrogen and oxygen atoms in total. The smallest absolute Gasteiger partial charge is 0.228 e. The number of rotatable bonds is 4. The molecule has 18 heavy (non-hydrogen) atoms. The van der Waals surface area contributed by atoms with Crippen LogP contribution in [0.25, 0.3) is 0 Å². The summed E-state index contributed by atoms with van der Waals surface area (Å²) in [5.41, 5.74) is -0.206. The van der Waals surface area contributed by atoms with Gasteiger partial charge in [-0.25, -0.2) is 0 Å². The summed E-state index contributed by atoms with van der Waals surface area (Å²) >= 11 is 0. The summed E-state index contributed by atoms with van der Waals surface area (Å²) in [6.07, 6.45) is 1.72. The zero-order chi connectivity index (χ0) is 12.9. The molecule has 108 valence electrons. The van der Waals surface area contributed by atoms with Gasteiger partial charge in [-0.05, 0) is 31.3 Å². The molecule has 0 bridgehead atoms. The molecule has 1 aliphatic heterocycles. The van der Waals surface area contributed by atoms with Crippen molar-refractivity contribution in [1.29, 1.82) is 0 Å². The lowest BCUT2D eigenvalue weighted by atomic mass is 9.78. The summed E-state index contributed by atoms with van der Waals surface area (Å²) < 4.78 is 5.25. The van der Waals surface area contributed by atoms with Crippen molar-refractivity contribution < 1.29 is 9.53 Å². The van der Waals surface area contributed by atoms with Crippen LogP contribution in [0.5, 0.6) is 0 Å². The standard InChI is InChI=1S/C13H26N2O2.ClH/c1-12(2,3)9-15-11(16)13(10-17-4)5-7-14-8-6-13;/h14H,5-10H2,1-4H3,(H,15,16);1H. The molecule has 2 N–H and O–H groups in total. The predicted octanol–water partition coefficient (Wildman–Crippen LogP) is 1.59. The first-order valence-corrected chi connectivity index (χ1v) is 6.38. The van der Waals surface area contributed by atoms with Gasteiger partial charge in [0.2, 0.25) is 5.91 Å². The largest absolute Gasteiger partial charge is 0.384 e. The Labute approximate surface area is 117 Å². The Kier molecular flexibility index (Phi) is 7.18. The number of nitrogens with one attached hydrogen (secondary N) is 2. The van der Waals surface area contributed by atoms with E-state index in [0.29, 0.717) is 13.2 Å². The molecule has 0 aromatic rings. The lowest BCUT2D eigenvalue weighted by Crippen LogP contribution is -2.51. The number of methoxy groups -OCH3 is 1. The summed E-state index contributed by atoms with van der Waals surface area (Å²) in [6.45, 7) is 9.39.